The molecular weight excluding hydrogens is 242 g/mol. The summed E-state index contributed by atoms with van der Waals surface area (Å²) < 4.78 is 5.49. The SMILES string of the molecule is CC(C)Oc1ccnc(NCc2ccccc2O)n1. The standard InChI is InChI=1S/C14H17N3O2/c1-10(2)19-13-7-8-15-14(17-13)16-9-11-5-3-4-6-12(11)18/h3-8,10,18H,9H2,1-2H3,(H,15,16,17). The highest BCUT2D eigenvalue weighted by Gasteiger charge is 2.04. The van der Waals surface area contributed by atoms with E-state index in [1.165, 1.54) is 0 Å². The van der Waals surface area contributed by atoms with Crippen molar-refractivity contribution >= 4 is 5.95 Å². The molecule has 1 aromatic heterocycles. The molecule has 1 aromatic carbocycles. The number of aromatic nitrogens is 2. The zero-order valence-electron chi connectivity index (χ0n) is 11.0. The van der Waals surface area contributed by atoms with Gasteiger partial charge in [0.1, 0.15) is 5.75 Å². The molecule has 0 atom stereocenters. The fourth-order valence-electron chi connectivity index (χ4n) is 1.57. The predicted molar refractivity (Wildman–Crippen MR) is 73.2 cm³/mol. The van der Waals surface area contributed by atoms with Crippen LogP contribution in [-0.2, 0) is 6.54 Å². The zero-order valence-corrected chi connectivity index (χ0v) is 11.0. The van der Waals surface area contributed by atoms with E-state index in [4.69, 9.17) is 4.74 Å². The van der Waals surface area contributed by atoms with Gasteiger partial charge in [-0.15, -0.1) is 0 Å². The van der Waals surface area contributed by atoms with E-state index in [9.17, 15) is 5.11 Å². The van der Waals surface area contributed by atoms with Gasteiger partial charge in [-0.1, -0.05) is 18.2 Å². The smallest absolute Gasteiger partial charge is 0.226 e. The van der Waals surface area contributed by atoms with Crippen LogP contribution in [0.3, 0.4) is 0 Å². The first kappa shape index (κ1) is 13.1. The largest absolute Gasteiger partial charge is 0.508 e. The molecule has 5 heteroatoms. The normalized spacial score (nSPS) is 10.5. The first-order valence-electron chi connectivity index (χ1n) is 6.15. The molecule has 0 aliphatic carbocycles. The molecule has 1 heterocycles. The van der Waals surface area contributed by atoms with Crippen molar-refractivity contribution in [2.75, 3.05) is 5.32 Å². The van der Waals surface area contributed by atoms with Crippen LogP contribution in [0.25, 0.3) is 0 Å². The van der Waals surface area contributed by atoms with Gasteiger partial charge in [-0.2, -0.15) is 4.98 Å². The molecule has 0 aliphatic heterocycles. The zero-order chi connectivity index (χ0) is 13.7. The summed E-state index contributed by atoms with van der Waals surface area (Å²) in [6.07, 6.45) is 1.71. The highest BCUT2D eigenvalue weighted by Crippen LogP contribution is 2.17. The number of hydrogen-bond donors (Lipinski definition) is 2. The van der Waals surface area contributed by atoms with E-state index in [2.05, 4.69) is 15.3 Å². The van der Waals surface area contributed by atoms with Crippen molar-refractivity contribution in [2.45, 2.75) is 26.5 Å². The monoisotopic (exact) mass is 259 g/mol. The Labute approximate surface area is 112 Å². The summed E-state index contributed by atoms with van der Waals surface area (Å²) in [5.41, 5.74) is 0.793. The molecule has 2 aromatic rings. The maximum absolute atomic E-state index is 9.66. The van der Waals surface area contributed by atoms with Crippen LogP contribution >= 0.6 is 0 Å². The van der Waals surface area contributed by atoms with Gasteiger partial charge in [0.25, 0.3) is 0 Å². The van der Waals surface area contributed by atoms with Crippen molar-refractivity contribution in [1.82, 2.24) is 9.97 Å². The minimum Gasteiger partial charge on any atom is -0.508 e. The minimum absolute atomic E-state index is 0.0703. The number of phenolic OH excluding ortho intramolecular Hbond substituents is 1. The summed E-state index contributed by atoms with van der Waals surface area (Å²) >= 11 is 0. The Kier molecular flexibility index (Phi) is 4.18. The number of hydrogen-bond acceptors (Lipinski definition) is 5. The van der Waals surface area contributed by atoms with E-state index in [0.29, 0.717) is 18.4 Å². The number of anilines is 1. The lowest BCUT2D eigenvalue weighted by atomic mass is 10.2. The lowest BCUT2D eigenvalue weighted by Gasteiger charge is -2.10. The van der Waals surface area contributed by atoms with Crippen molar-refractivity contribution in [2.24, 2.45) is 0 Å². The third kappa shape index (κ3) is 3.84. The quantitative estimate of drug-likeness (QED) is 0.863. The Bertz CT molecular complexity index is 544. The summed E-state index contributed by atoms with van der Waals surface area (Å²) in [5.74, 6) is 1.26. The van der Waals surface area contributed by atoms with Gasteiger partial charge >= 0.3 is 0 Å². The first-order valence-corrected chi connectivity index (χ1v) is 6.15. The molecule has 19 heavy (non-hydrogen) atoms. The van der Waals surface area contributed by atoms with Gasteiger partial charge in [0.15, 0.2) is 0 Å². The highest BCUT2D eigenvalue weighted by atomic mass is 16.5. The topological polar surface area (TPSA) is 67.3 Å². The number of phenols is 1. The second-order valence-electron chi connectivity index (χ2n) is 4.37. The summed E-state index contributed by atoms with van der Waals surface area (Å²) in [4.78, 5) is 8.34. The van der Waals surface area contributed by atoms with E-state index >= 15 is 0 Å². The lowest BCUT2D eigenvalue weighted by molar-refractivity contribution is 0.232. The molecule has 0 fully saturated rings. The van der Waals surface area contributed by atoms with Gasteiger partial charge in [0, 0.05) is 24.4 Å². The molecule has 0 aliphatic rings. The molecule has 100 valence electrons. The van der Waals surface area contributed by atoms with Crippen LogP contribution < -0.4 is 10.1 Å². The number of aromatic hydroxyl groups is 1. The molecule has 0 unspecified atom stereocenters. The number of nitrogens with one attached hydrogen (secondary N) is 1. The van der Waals surface area contributed by atoms with Gasteiger partial charge in [-0.25, -0.2) is 4.98 Å². The molecule has 0 radical (unpaired) electrons. The Morgan fingerprint density at radius 1 is 1.26 bits per heavy atom. The van der Waals surface area contributed by atoms with E-state index in [1.54, 1.807) is 24.4 Å². The van der Waals surface area contributed by atoms with E-state index in [1.807, 2.05) is 26.0 Å². The van der Waals surface area contributed by atoms with Crippen LogP contribution in [0.4, 0.5) is 5.95 Å². The number of nitrogens with zero attached hydrogens (tertiary/aromatic N) is 2. The molecule has 0 saturated carbocycles. The average Bonchev–Trinajstić information content (AvgIpc) is 2.37. The fourth-order valence-corrected chi connectivity index (χ4v) is 1.57. The van der Waals surface area contributed by atoms with Crippen LogP contribution in [0.15, 0.2) is 36.5 Å². The van der Waals surface area contributed by atoms with Gasteiger partial charge < -0.3 is 15.2 Å². The molecule has 0 saturated heterocycles. The van der Waals surface area contributed by atoms with E-state index < -0.39 is 0 Å². The lowest BCUT2D eigenvalue weighted by Crippen LogP contribution is -2.09. The highest BCUT2D eigenvalue weighted by molar-refractivity contribution is 5.36. The Balaban J connectivity index is 2.02. The maximum atomic E-state index is 9.66. The first-order chi connectivity index (χ1) is 9.15. The maximum Gasteiger partial charge on any atom is 0.226 e. The Morgan fingerprint density at radius 2 is 2.05 bits per heavy atom. The van der Waals surface area contributed by atoms with Gasteiger partial charge in [-0.05, 0) is 19.9 Å². The van der Waals surface area contributed by atoms with Crippen LogP contribution in [-0.4, -0.2) is 21.2 Å². The van der Waals surface area contributed by atoms with Crippen molar-refractivity contribution in [3.63, 3.8) is 0 Å². The Morgan fingerprint density at radius 3 is 2.79 bits per heavy atom. The van der Waals surface area contributed by atoms with Crippen LogP contribution in [0.5, 0.6) is 11.6 Å². The van der Waals surface area contributed by atoms with Gasteiger partial charge in [0.2, 0.25) is 11.8 Å². The molecule has 5 nitrogen and oxygen atoms in total. The molecule has 0 bridgehead atoms. The van der Waals surface area contributed by atoms with Crippen LogP contribution in [0.1, 0.15) is 19.4 Å². The second-order valence-corrected chi connectivity index (χ2v) is 4.37. The molecule has 2 N–H and O–H groups in total. The second kappa shape index (κ2) is 6.04. The summed E-state index contributed by atoms with van der Waals surface area (Å²) in [5, 5.41) is 12.7. The molecule has 0 amide bonds. The number of ether oxygens (including phenoxy) is 1. The Hall–Kier alpha value is -2.30. The summed E-state index contributed by atoms with van der Waals surface area (Å²) in [6.45, 7) is 4.34. The summed E-state index contributed by atoms with van der Waals surface area (Å²) in [6, 6.07) is 8.86. The van der Waals surface area contributed by atoms with Crippen molar-refractivity contribution in [1.29, 1.82) is 0 Å². The van der Waals surface area contributed by atoms with E-state index in [-0.39, 0.29) is 11.9 Å². The van der Waals surface area contributed by atoms with Gasteiger partial charge in [0.05, 0.1) is 6.10 Å². The van der Waals surface area contributed by atoms with Crippen LogP contribution in [0.2, 0.25) is 0 Å². The number of benzene rings is 1. The molecule has 2 rings (SSSR count). The van der Waals surface area contributed by atoms with Crippen molar-refractivity contribution < 1.29 is 9.84 Å². The summed E-state index contributed by atoms with van der Waals surface area (Å²) in [7, 11) is 0. The molecule has 0 spiro atoms. The van der Waals surface area contributed by atoms with E-state index in [0.717, 1.165) is 5.56 Å². The third-order valence-electron chi connectivity index (χ3n) is 2.42. The van der Waals surface area contributed by atoms with Gasteiger partial charge in [-0.3, -0.25) is 0 Å². The molecular formula is C14H17N3O2. The number of rotatable bonds is 5. The fraction of sp³-hybridized carbons (Fsp3) is 0.286. The predicted octanol–water partition coefficient (Wildman–Crippen LogP) is 2.58. The average molecular weight is 259 g/mol. The minimum atomic E-state index is 0.0703. The van der Waals surface area contributed by atoms with Crippen LogP contribution in [0, 0.1) is 0 Å². The van der Waals surface area contributed by atoms with Crippen molar-refractivity contribution in [3.05, 3.63) is 42.1 Å². The third-order valence-corrected chi connectivity index (χ3v) is 2.42. The van der Waals surface area contributed by atoms with Crippen molar-refractivity contribution in [3.8, 4) is 11.6 Å². The number of para-hydroxylation sites is 1.